The van der Waals surface area contributed by atoms with Gasteiger partial charge < -0.3 is 25.6 Å². The van der Waals surface area contributed by atoms with Crippen molar-refractivity contribution in [3.05, 3.63) is 23.3 Å². The molecule has 0 aliphatic carbocycles. The Morgan fingerprint density at radius 3 is 2.70 bits per heavy atom. The third-order valence-electron chi connectivity index (χ3n) is 3.61. The SMILES string of the molecule is Cc1c(CC(N)C(=O)O)ccc(O)c1N1CCOCC1. The number of carboxylic acid groups (broad SMARTS) is 1. The maximum atomic E-state index is 10.9. The van der Waals surface area contributed by atoms with Crippen LogP contribution in [0.1, 0.15) is 11.1 Å². The lowest BCUT2D eigenvalue weighted by molar-refractivity contribution is -0.138. The van der Waals surface area contributed by atoms with Gasteiger partial charge in [0.1, 0.15) is 11.8 Å². The molecule has 2 rings (SSSR count). The Balaban J connectivity index is 2.29. The molecule has 0 radical (unpaired) electrons. The molecule has 0 spiro atoms. The number of nitrogens with two attached hydrogens (primary N) is 1. The van der Waals surface area contributed by atoms with Crippen LogP contribution in [-0.2, 0) is 16.0 Å². The van der Waals surface area contributed by atoms with Crippen LogP contribution in [0, 0.1) is 6.92 Å². The molecule has 20 heavy (non-hydrogen) atoms. The smallest absolute Gasteiger partial charge is 0.320 e. The predicted octanol–water partition coefficient (Wildman–Crippen LogP) is 0.492. The second-order valence-corrected chi connectivity index (χ2v) is 4.97. The van der Waals surface area contributed by atoms with Gasteiger partial charge in [-0.3, -0.25) is 4.79 Å². The number of morpholine rings is 1. The van der Waals surface area contributed by atoms with E-state index in [1.54, 1.807) is 12.1 Å². The Hall–Kier alpha value is -1.79. The Bertz CT molecular complexity index is 498. The first-order chi connectivity index (χ1) is 9.50. The van der Waals surface area contributed by atoms with Crippen LogP contribution in [0.4, 0.5) is 5.69 Å². The molecule has 1 heterocycles. The largest absolute Gasteiger partial charge is 0.506 e. The first-order valence-electron chi connectivity index (χ1n) is 6.63. The normalized spacial score (nSPS) is 17.0. The number of hydrogen-bond acceptors (Lipinski definition) is 5. The first kappa shape index (κ1) is 14.6. The topological polar surface area (TPSA) is 96.0 Å². The molecule has 1 unspecified atom stereocenters. The molecule has 0 amide bonds. The minimum absolute atomic E-state index is 0.206. The highest BCUT2D eigenvalue weighted by Gasteiger charge is 2.21. The maximum absolute atomic E-state index is 10.9. The Morgan fingerprint density at radius 1 is 1.45 bits per heavy atom. The van der Waals surface area contributed by atoms with Crippen molar-refractivity contribution < 1.29 is 19.7 Å². The molecule has 1 aliphatic heterocycles. The number of carboxylic acids is 1. The zero-order valence-electron chi connectivity index (χ0n) is 11.5. The van der Waals surface area contributed by atoms with Crippen molar-refractivity contribution in [3.8, 4) is 5.75 Å². The van der Waals surface area contributed by atoms with E-state index in [4.69, 9.17) is 15.6 Å². The highest BCUT2D eigenvalue weighted by Crippen LogP contribution is 2.34. The van der Waals surface area contributed by atoms with E-state index in [1.165, 1.54) is 0 Å². The van der Waals surface area contributed by atoms with Gasteiger partial charge in [0, 0.05) is 13.1 Å². The van der Waals surface area contributed by atoms with E-state index in [1.807, 2.05) is 6.92 Å². The summed E-state index contributed by atoms with van der Waals surface area (Å²) in [6, 6.07) is 2.40. The molecule has 0 aromatic heterocycles. The monoisotopic (exact) mass is 280 g/mol. The summed E-state index contributed by atoms with van der Waals surface area (Å²) >= 11 is 0. The molecule has 0 saturated carbocycles. The standard InChI is InChI=1S/C14H20N2O4/c1-9-10(8-11(15)14(18)19)2-3-12(17)13(9)16-4-6-20-7-5-16/h2-3,11,17H,4-8,15H2,1H3,(H,18,19). The third-order valence-corrected chi connectivity index (χ3v) is 3.61. The Kier molecular flexibility index (Phi) is 4.46. The van der Waals surface area contributed by atoms with Gasteiger partial charge in [0.15, 0.2) is 0 Å². The van der Waals surface area contributed by atoms with Crippen LogP contribution in [0.3, 0.4) is 0 Å². The van der Waals surface area contributed by atoms with Crippen LogP contribution in [0.25, 0.3) is 0 Å². The fourth-order valence-electron chi connectivity index (χ4n) is 2.46. The molecule has 1 aromatic rings. The van der Waals surface area contributed by atoms with Gasteiger partial charge in [0.2, 0.25) is 0 Å². The van der Waals surface area contributed by atoms with Gasteiger partial charge in [0.05, 0.1) is 18.9 Å². The number of aliphatic carboxylic acids is 1. The van der Waals surface area contributed by atoms with Gasteiger partial charge in [-0.25, -0.2) is 0 Å². The summed E-state index contributed by atoms with van der Waals surface area (Å²) in [5, 5.41) is 19.0. The summed E-state index contributed by atoms with van der Waals surface area (Å²) in [5.41, 5.74) is 8.07. The Morgan fingerprint density at radius 2 is 2.10 bits per heavy atom. The van der Waals surface area contributed by atoms with Crippen LogP contribution in [0.2, 0.25) is 0 Å². The van der Waals surface area contributed by atoms with E-state index in [9.17, 15) is 9.90 Å². The molecule has 110 valence electrons. The minimum Gasteiger partial charge on any atom is -0.506 e. The summed E-state index contributed by atoms with van der Waals surface area (Å²) in [4.78, 5) is 12.9. The van der Waals surface area contributed by atoms with Crippen molar-refractivity contribution in [1.29, 1.82) is 0 Å². The second kappa shape index (κ2) is 6.11. The predicted molar refractivity (Wildman–Crippen MR) is 75.2 cm³/mol. The van der Waals surface area contributed by atoms with E-state index in [0.29, 0.717) is 26.3 Å². The number of carbonyl (C=O) groups is 1. The number of rotatable bonds is 4. The average molecular weight is 280 g/mol. The van der Waals surface area contributed by atoms with E-state index in [-0.39, 0.29) is 12.2 Å². The lowest BCUT2D eigenvalue weighted by Crippen LogP contribution is -2.37. The van der Waals surface area contributed by atoms with Crippen molar-refractivity contribution in [2.45, 2.75) is 19.4 Å². The zero-order valence-corrected chi connectivity index (χ0v) is 11.5. The van der Waals surface area contributed by atoms with Crippen molar-refractivity contribution >= 4 is 11.7 Å². The Labute approximate surface area is 117 Å². The second-order valence-electron chi connectivity index (χ2n) is 4.97. The first-order valence-corrected chi connectivity index (χ1v) is 6.63. The van der Waals surface area contributed by atoms with Crippen molar-refractivity contribution in [2.75, 3.05) is 31.2 Å². The molecular weight excluding hydrogens is 260 g/mol. The lowest BCUT2D eigenvalue weighted by Gasteiger charge is -2.31. The van der Waals surface area contributed by atoms with Crippen molar-refractivity contribution in [2.24, 2.45) is 5.73 Å². The molecule has 0 bridgehead atoms. The van der Waals surface area contributed by atoms with Crippen LogP contribution in [0.15, 0.2) is 12.1 Å². The van der Waals surface area contributed by atoms with E-state index in [2.05, 4.69) is 4.90 Å². The molecular formula is C14H20N2O4. The highest BCUT2D eigenvalue weighted by molar-refractivity contribution is 5.74. The van der Waals surface area contributed by atoms with Gasteiger partial charge in [-0.1, -0.05) is 6.07 Å². The number of aromatic hydroxyl groups is 1. The van der Waals surface area contributed by atoms with Crippen LogP contribution in [-0.4, -0.2) is 48.5 Å². The number of phenolic OH excluding ortho intramolecular Hbond substituents is 1. The minimum atomic E-state index is -1.02. The third kappa shape index (κ3) is 3.02. The number of phenols is 1. The van der Waals surface area contributed by atoms with Gasteiger partial charge in [-0.15, -0.1) is 0 Å². The fraction of sp³-hybridized carbons (Fsp3) is 0.500. The fourth-order valence-corrected chi connectivity index (χ4v) is 2.46. The average Bonchev–Trinajstić information content (AvgIpc) is 2.43. The van der Waals surface area contributed by atoms with Crippen LogP contribution < -0.4 is 10.6 Å². The summed E-state index contributed by atoms with van der Waals surface area (Å²) in [6.07, 6.45) is 0.249. The number of anilines is 1. The van der Waals surface area contributed by atoms with Gasteiger partial charge in [-0.05, 0) is 30.5 Å². The van der Waals surface area contributed by atoms with E-state index >= 15 is 0 Å². The summed E-state index contributed by atoms with van der Waals surface area (Å²) in [7, 11) is 0. The number of ether oxygens (including phenoxy) is 1. The molecule has 4 N–H and O–H groups in total. The van der Waals surface area contributed by atoms with Gasteiger partial charge in [-0.2, -0.15) is 0 Å². The van der Waals surface area contributed by atoms with E-state index in [0.717, 1.165) is 16.8 Å². The summed E-state index contributed by atoms with van der Waals surface area (Å²) in [6.45, 7) is 4.55. The maximum Gasteiger partial charge on any atom is 0.320 e. The molecule has 1 aromatic carbocycles. The van der Waals surface area contributed by atoms with Crippen LogP contribution >= 0.6 is 0 Å². The van der Waals surface area contributed by atoms with Crippen molar-refractivity contribution in [3.63, 3.8) is 0 Å². The van der Waals surface area contributed by atoms with E-state index < -0.39 is 12.0 Å². The summed E-state index contributed by atoms with van der Waals surface area (Å²) in [5.74, 6) is -0.817. The molecule has 1 fully saturated rings. The molecule has 6 nitrogen and oxygen atoms in total. The van der Waals surface area contributed by atoms with Gasteiger partial charge >= 0.3 is 5.97 Å². The molecule has 1 saturated heterocycles. The van der Waals surface area contributed by atoms with Gasteiger partial charge in [0.25, 0.3) is 0 Å². The summed E-state index contributed by atoms with van der Waals surface area (Å²) < 4.78 is 5.31. The molecule has 1 atom stereocenters. The van der Waals surface area contributed by atoms with Crippen LogP contribution in [0.5, 0.6) is 5.75 Å². The number of nitrogens with zero attached hydrogens (tertiary/aromatic N) is 1. The quantitative estimate of drug-likeness (QED) is 0.743. The zero-order chi connectivity index (χ0) is 14.7. The lowest BCUT2D eigenvalue weighted by atomic mass is 9.98. The molecule has 1 aliphatic rings. The highest BCUT2D eigenvalue weighted by atomic mass is 16.5. The molecule has 6 heteroatoms. The number of benzene rings is 1. The number of hydrogen-bond donors (Lipinski definition) is 3. The van der Waals surface area contributed by atoms with Crippen molar-refractivity contribution in [1.82, 2.24) is 0 Å².